The lowest BCUT2D eigenvalue weighted by molar-refractivity contribution is 0.171. The summed E-state index contributed by atoms with van der Waals surface area (Å²) in [6.45, 7) is 0.550. The lowest BCUT2D eigenvalue weighted by Crippen LogP contribution is -2.24. The van der Waals surface area contributed by atoms with Crippen molar-refractivity contribution in [3.8, 4) is 5.69 Å². The van der Waals surface area contributed by atoms with Gasteiger partial charge in [-0.15, -0.1) is 0 Å². The van der Waals surface area contributed by atoms with Crippen LogP contribution in [0.4, 0.5) is 9.18 Å². The van der Waals surface area contributed by atoms with Crippen LogP contribution in [0.3, 0.4) is 0 Å². The molecule has 106 valence electrons. The number of aryl methyl sites for hydroxylation is 1. The second-order valence-corrected chi connectivity index (χ2v) is 4.29. The van der Waals surface area contributed by atoms with Crippen LogP contribution in [0.5, 0.6) is 0 Å². The van der Waals surface area contributed by atoms with Crippen molar-refractivity contribution < 1.29 is 13.9 Å². The summed E-state index contributed by atoms with van der Waals surface area (Å²) < 4.78 is 19.0. The fourth-order valence-electron chi connectivity index (χ4n) is 1.78. The number of alkyl carbamates (subject to hydrolysis) is 1. The van der Waals surface area contributed by atoms with E-state index in [0.29, 0.717) is 6.54 Å². The summed E-state index contributed by atoms with van der Waals surface area (Å²) in [5.41, 5.74) is 1.87. The van der Waals surface area contributed by atoms with Gasteiger partial charge in [-0.3, -0.25) is 0 Å². The molecule has 0 atom stereocenters. The molecule has 1 aromatic heterocycles. The van der Waals surface area contributed by atoms with Gasteiger partial charge in [0.15, 0.2) is 0 Å². The summed E-state index contributed by atoms with van der Waals surface area (Å²) in [7, 11) is 1.34. The van der Waals surface area contributed by atoms with Crippen molar-refractivity contribution >= 4 is 6.09 Å². The van der Waals surface area contributed by atoms with Gasteiger partial charge in [0.1, 0.15) is 5.82 Å². The van der Waals surface area contributed by atoms with E-state index in [0.717, 1.165) is 24.1 Å². The van der Waals surface area contributed by atoms with Crippen LogP contribution in [0.2, 0.25) is 0 Å². The van der Waals surface area contributed by atoms with Crippen molar-refractivity contribution in [1.82, 2.24) is 15.1 Å². The SMILES string of the molecule is COC(=O)NCCCc1cnn(-c2ccc(F)cc2)c1. The predicted octanol–water partition coefficient (Wildman–Crippen LogP) is 2.30. The third-order valence-corrected chi connectivity index (χ3v) is 2.82. The van der Waals surface area contributed by atoms with E-state index < -0.39 is 6.09 Å². The van der Waals surface area contributed by atoms with Crippen molar-refractivity contribution in [3.63, 3.8) is 0 Å². The summed E-state index contributed by atoms with van der Waals surface area (Å²) in [4.78, 5) is 10.9. The molecule has 0 saturated heterocycles. The van der Waals surface area contributed by atoms with E-state index in [2.05, 4.69) is 15.2 Å². The number of halogens is 1. The van der Waals surface area contributed by atoms with Crippen LogP contribution in [-0.2, 0) is 11.2 Å². The highest BCUT2D eigenvalue weighted by Gasteiger charge is 2.02. The monoisotopic (exact) mass is 277 g/mol. The molecule has 1 aromatic carbocycles. The molecule has 1 heterocycles. The second kappa shape index (κ2) is 6.70. The first kappa shape index (κ1) is 14.0. The Morgan fingerprint density at radius 1 is 1.40 bits per heavy atom. The summed E-state index contributed by atoms with van der Waals surface area (Å²) in [5, 5.41) is 6.85. The molecule has 0 aliphatic carbocycles. The van der Waals surface area contributed by atoms with Crippen LogP contribution >= 0.6 is 0 Å². The highest BCUT2D eigenvalue weighted by atomic mass is 19.1. The number of ether oxygens (including phenoxy) is 1. The van der Waals surface area contributed by atoms with E-state index in [1.807, 2.05) is 6.20 Å². The Hall–Kier alpha value is -2.37. The molecule has 20 heavy (non-hydrogen) atoms. The molecule has 0 radical (unpaired) electrons. The number of methoxy groups -OCH3 is 1. The zero-order valence-electron chi connectivity index (χ0n) is 11.2. The largest absolute Gasteiger partial charge is 0.453 e. The standard InChI is InChI=1S/C14H16FN3O2/c1-20-14(19)16-8-2-3-11-9-17-18(10-11)13-6-4-12(15)5-7-13/h4-7,9-10H,2-3,8H2,1H3,(H,16,19). The first-order valence-corrected chi connectivity index (χ1v) is 6.30. The van der Waals surface area contributed by atoms with Crippen LogP contribution in [0.15, 0.2) is 36.7 Å². The Labute approximate surface area is 116 Å². The molecular formula is C14H16FN3O2. The van der Waals surface area contributed by atoms with Crippen LogP contribution in [0, 0.1) is 5.82 Å². The average molecular weight is 277 g/mol. The van der Waals surface area contributed by atoms with Gasteiger partial charge >= 0.3 is 6.09 Å². The normalized spacial score (nSPS) is 10.3. The Bertz CT molecular complexity index is 566. The maximum atomic E-state index is 12.8. The topological polar surface area (TPSA) is 56.1 Å². The first-order chi connectivity index (χ1) is 9.69. The summed E-state index contributed by atoms with van der Waals surface area (Å²) in [6, 6.07) is 6.14. The molecule has 0 aliphatic rings. The quantitative estimate of drug-likeness (QED) is 0.853. The van der Waals surface area contributed by atoms with Gasteiger partial charge in [-0.25, -0.2) is 13.9 Å². The van der Waals surface area contributed by atoms with Crippen LogP contribution in [0.25, 0.3) is 5.69 Å². The van der Waals surface area contributed by atoms with Gasteiger partial charge in [0.2, 0.25) is 0 Å². The van der Waals surface area contributed by atoms with Crippen molar-refractivity contribution in [2.75, 3.05) is 13.7 Å². The van der Waals surface area contributed by atoms with Gasteiger partial charge in [0.05, 0.1) is 19.0 Å². The summed E-state index contributed by atoms with van der Waals surface area (Å²) in [5.74, 6) is -0.269. The third kappa shape index (κ3) is 3.81. The highest BCUT2D eigenvalue weighted by Crippen LogP contribution is 2.10. The molecule has 6 heteroatoms. The van der Waals surface area contributed by atoms with Gasteiger partial charge in [0.25, 0.3) is 0 Å². The van der Waals surface area contributed by atoms with Crippen LogP contribution < -0.4 is 5.32 Å². The van der Waals surface area contributed by atoms with E-state index >= 15 is 0 Å². The predicted molar refractivity (Wildman–Crippen MR) is 72.3 cm³/mol. The smallest absolute Gasteiger partial charge is 0.406 e. The minimum atomic E-state index is -0.424. The highest BCUT2D eigenvalue weighted by molar-refractivity contribution is 5.66. The van der Waals surface area contributed by atoms with Crippen molar-refractivity contribution in [1.29, 1.82) is 0 Å². The number of carbonyl (C=O) groups is 1. The fraction of sp³-hybridized carbons (Fsp3) is 0.286. The van der Waals surface area contributed by atoms with Gasteiger partial charge in [-0.2, -0.15) is 5.10 Å². The lowest BCUT2D eigenvalue weighted by atomic mass is 10.2. The van der Waals surface area contributed by atoms with Crippen molar-refractivity contribution in [2.24, 2.45) is 0 Å². The maximum Gasteiger partial charge on any atom is 0.406 e. The van der Waals surface area contributed by atoms with Crippen LogP contribution in [-0.4, -0.2) is 29.5 Å². The van der Waals surface area contributed by atoms with Gasteiger partial charge in [0, 0.05) is 12.7 Å². The molecule has 5 nitrogen and oxygen atoms in total. The molecule has 0 saturated carbocycles. The molecule has 0 fully saturated rings. The number of benzene rings is 1. The Morgan fingerprint density at radius 2 is 2.15 bits per heavy atom. The van der Waals surface area contributed by atoms with Crippen molar-refractivity contribution in [2.45, 2.75) is 12.8 Å². The number of rotatable bonds is 5. The third-order valence-electron chi connectivity index (χ3n) is 2.82. The zero-order valence-corrected chi connectivity index (χ0v) is 11.2. The molecule has 0 aliphatic heterocycles. The number of amides is 1. The summed E-state index contributed by atoms with van der Waals surface area (Å²) in [6.07, 6.45) is 4.83. The maximum absolute atomic E-state index is 12.8. The number of nitrogens with zero attached hydrogens (tertiary/aromatic N) is 2. The molecule has 1 N–H and O–H groups in total. The van der Waals surface area contributed by atoms with Gasteiger partial charge in [-0.05, 0) is 42.7 Å². The van der Waals surface area contributed by atoms with Gasteiger partial charge < -0.3 is 10.1 Å². The molecule has 2 rings (SSSR count). The minimum Gasteiger partial charge on any atom is -0.453 e. The lowest BCUT2D eigenvalue weighted by Gasteiger charge is -2.02. The number of hydrogen-bond donors (Lipinski definition) is 1. The van der Waals surface area contributed by atoms with E-state index in [-0.39, 0.29) is 5.82 Å². The average Bonchev–Trinajstić information content (AvgIpc) is 2.93. The van der Waals surface area contributed by atoms with E-state index in [4.69, 9.17) is 0 Å². The number of aromatic nitrogens is 2. The van der Waals surface area contributed by atoms with E-state index in [1.54, 1.807) is 23.0 Å². The zero-order chi connectivity index (χ0) is 14.4. The first-order valence-electron chi connectivity index (χ1n) is 6.30. The molecule has 0 spiro atoms. The van der Waals surface area contributed by atoms with Crippen molar-refractivity contribution in [3.05, 3.63) is 48.0 Å². The molecule has 0 unspecified atom stereocenters. The van der Waals surface area contributed by atoms with E-state index in [9.17, 15) is 9.18 Å². The Morgan fingerprint density at radius 3 is 2.85 bits per heavy atom. The fourth-order valence-corrected chi connectivity index (χ4v) is 1.78. The van der Waals surface area contributed by atoms with E-state index in [1.165, 1.54) is 19.2 Å². The number of carbonyl (C=O) groups excluding carboxylic acids is 1. The van der Waals surface area contributed by atoms with Crippen LogP contribution in [0.1, 0.15) is 12.0 Å². The second-order valence-electron chi connectivity index (χ2n) is 4.29. The minimum absolute atomic E-state index is 0.269. The summed E-state index contributed by atoms with van der Waals surface area (Å²) >= 11 is 0. The Balaban J connectivity index is 1.86. The Kier molecular flexibility index (Phi) is 4.70. The molecular weight excluding hydrogens is 261 g/mol. The molecule has 2 aromatic rings. The number of nitrogens with one attached hydrogen (secondary N) is 1. The van der Waals surface area contributed by atoms with Gasteiger partial charge in [-0.1, -0.05) is 0 Å². The number of hydrogen-bond acceptors (Lipinski definition) is 3. The molecule has 1 amide bonds. The molecule has 0 bridgehead atoms.